The molecule has 0 aliphatic rings. The molecule has 1 rings (SSSR count). The van der Waals surface area contributed by atoms with Gasteiger partial charge in [0.15, 0.2) is 6.61 Å². The summed E-state index contributed by atoms with van der Waals surface area (Å²) in [5, 5.41) is 2.23. The Bertz CT molecular complexity index is 648. The minimum absolute atomic E-state index is 0.0660. The van der Waals surface area contributed by atoms with Gasteiger partial charge in [0.25, 0.3) is 5.91 Å². The molecule has 0 fully saturated rings. The molecule has 1 heterocycles. The lowest BCUT2D eigenvalue weighted by molar-refractivity contribution is -0.141. The van der Waals surface area contributed by atoms with Gasteiger partial charge in [-0.1, -0.05) is 0 Å². The summed E-state index contributed by atoms with van der Waals surface area (Å²) in [5.41, 5.74) is 1.18. The van der Waals surface area contributed by atoms with Crippen molar-refractivity contribution in [1.29, 1.82) is 0 Å². The zero-order chi connectivity index (χ0) is 18.3. The van der Waals surface area contributed by atoms with Crippen LogP contribution in [0.2, 0.25) is 0 Å². The molecule has 24 heavy (non-hydrogen) atoms. The highest BCUT2D eigenvalue weighted by molar-refractivity contribution is 5.99. The molecular weight excluding hydrogens is 320 g/mol. The van der Waals surface area contributed by atoms with E-state index in [1.54, 1.807) is 20.8 Å². The van der Waals surface area contributed by atoms with Gasteiger partial charge in [-0.25, -0.2) is 9.59 Å². The number of esters is 3. The SMILES string of the molecule is CCOC(=O)c1c(C)[nH]c(C(=O)OCC(=O)NCC(=O)OC)c1C. The first-order valence-electron chi connectivity index (χ1n) is 7.18. The van der Waals surface area contributed by atoms with Crippen molar-refractivity contribution in [3.63, 3.8) is 0 Å². The summed E-state index contributed by atoms with van der Waals surface area (Å²) in [7, 11) is 1.19. The van der Waals surface area contributed by atoms with E-state index in [-0.39, 0.29) is 24.4 Å². The van der Waals surface area contributed by atoms with Crippen molar-refractivity contribution < 1.29 is 33.4 Å². The number of aryl methyl sites for hydroxylation is 1. The highest BCUT2D eigenvalue weighted by Gasteiger charge is 2.24. The number of hydrogen-bond acceptors (Lipinski definition) is 7. The van der Waals surface area contributed by atoms with Crippen LogP contribution in [0.25, 0.3) is 0 Å². The second-order valence-corrected chi connectivity index (χ2v) is 4.77. The first-order chi connectivity index (χ1) is 11.3. The second-order valence-electron chi connectivity index (χ2n) is 4.77. The summed E-state index contributed by atoms with van der Waals surface area (Å²) >= 11 is 0. The number of rotatable bonds is 7. The molecular formula is C15H20N2O7. The quantitative estimate of drug-likeness (QED) is 0.539. The Morgan fingerprint density at radius 1 is 1.08 bits per heavy atom. The first kappa shape index (κ1) is 19.2. The Morgan fingerprint density at radius 2 is 1.75 bits per heavy atom. The predicted octanol–water partition coefficient (Wildman–Crippen LogP) is 0.254. The average molecular weight is 340 g/mol. The fourth-order valence-corrected chi connectivity index (χ4v) is 1.96. The van der Waals surface area contributed by atoms with Gasteiger partial charge in [-0.15, -0.1) is 0 Å². The summed E-state index contributed by atoms with van der Waals surface area (Å²) < 4.78 is 14.1. The van der Waals surface area contributed by atoms with Gasteiger partial charge in [0.1, 0.15) is 12.2 Å². The van der Waals surface area contributed by atoms with E-state index in [1.165, 1.54) is 7.11 Å². The van der Waals surface area contributed by atoms with Crippen molar-refractivity contribution in [3.05, 3.63) is 22.5 Å². The lowest BCUT2D eigenvalue weighted by atomic mass is 10.1. The van der Waals surface area contributed by atoms with Crippen molar-refractivity contribution >= 4 is 23.8 Å². The normalized spacial score (nSPS) is 10.0. The molecule has 0 atom stereocenters. The molecule has 0 radical (unpaired) electrons. The van der Waals surface area contributed by atoms with E-state index >= 15 is 0 Å². The number of methoxy groups -OCH3 is 1. The molecule has 1 aromatic heterocycles. The lowest BCUT2D eigenvalue weighted by Crippen LogP contribution is -2.33. The molecule has 132 valence electrons. The number of carbonyl (C=O) groups is 4. The smallest absolute Gasteiger partial charge is 0.355 e. The minimum Gasteiger partial charge on any atom is -0.468 e. The summed E-state index contributed by atoms with van der Waals surface area (Å²) in [6, 6.07) is 0. The molecule has 9 nitrogen and oxygen atoms in total. The van der Waals surface area contributed by atoms with E-state index in [0.29, 0.717) is 11.3 Å². The summed E-state index contributed by atoms with van der Waals surface area (Å²) in [6.45, 7) is 4.20. The number of aromatic amines is 1. The molecule has 0 aliphatic carbocycles. The number of aromatic nitrogens is 1. The number of nitrogens with one attached hydrogen (secondary N) is 2. The first-order valence-corrected chi connectivity index (χ1v) is 7.18. The van der Waals surface area contributed by atoms with Crippen molar-refractivity contribution in [2.45, 2.75) is 20.8 Å². The number of amides is 1. The molecule has 0 spiro atoms. The van der Waals surface area contributed by atoms with Gasteiger partial charge in [-0.2, -0.15) is 0 Å². The van der Waals surface area contributed by atoms with Gasteiger partial charge in [-0.3, -0.25) is 9.59 Å². The monoisotopic (exact) mass is 340 g/mol. The zero-order valence-electron chi connectivity index (χ0n) is 14.0. The highest BCUT2D eigenvalue weighted by atomic mass is 16.5. The minimum atomic E-state index is -0.792. The van der Waals surface area contributed by atoms with Crippen LogP contribution in [0, 0.1) is 13.8 Å². The molecule has 9 heteroatoms. The standard InChI is InChI=1S/C15H20N2O7/c1-5-23-14(20)12-8(2)13(17-9(12)3)15(21)24-7-10(18)16-6-11(19)22-4/h17H,5-7H2,1-4H3,(H,16,18). The van der Waals surface area contributed by atoms with Gasteiger partial charge in [0, 0.05) is 5.69 Å². The van der Waals surface area contributed by atoms with Gasteiger partial charge >= 0.3 is 17.9 Å². The van der Waals surface area contributed by atoms with Crippen LogP contribution in [0.4, 0.5) is 0 Å². The Kier molecular flexibility index (Phi) is 6.97. The van der Waals surface area contributed by atoms with Gasteiger partial charge in [0.05, 0.1) is 19.3 Å². The van der Waals surface area contributed by atoms with Gasteiger partial charge in [-0.05, 0) is 26.3 Å². The van der Waals surface area contributed by atoms with Crippen LogP contribution in [0.1, 0.15) is 39.0 Å². The number of H-pyrrole nitrogens is 1. The lowest BCUT2D eigenvalue weighted by Gasteiger charge is -2.06. The molecule has 0 unspecified atom stereocenters. The summed E-state index contributed by atoms with van der Waals surface area (Å²) in [4.78, 5) is 49.0. The van der Waals surface area contributed by atoms with Crippen LogP contribution < -0.4 is 5.32 Å². The van der Waals surface area contributed by atoms with E-state index in [2.05, 4.69) is 15.0 Å². The summed E-state index contributed by atoms with van der Waals surface area (Å²) in [6.07, 6.45) is 0. The van der Waals surface area contributed by atoms with Crippen LogP contribution in [0.3, 0.4) is 0 Å². The van der Waals surface area contributed by atoms with Gasteiger partial charge in [0.2, 0.25) is 0 Å². The van der Waals surface area contributed by atoms with Crippen molar-refractivity contribution in [1.82, 2.24) is 10.3 Å². The molecule has 0 bridgehead atoms. The largest absolute Gasteiger partial charge is 0.468 e. The summed E-state index contributed by atoms with van der Waals surface area (Å²) in [5.74, 6) is -2.61. The molecule has 0 saturated carbocycles. The number of hydrogen-bond donors (Lipinski definition) is 2. The van der Waals surface area contributed by atoms with Crippen LogP contribution in [0.5, 0.6) is 0 Å². The maximum Gasteiger partial charge on any atom is 0.355 e. The van der Waals surface area contributed by atoms with E-state index in [1.807, 2.05) is 0 Å². The van der Waals surface area contributed by atoms with Crippen LogP contribution in [-0.4, -0.2) is 55.7 Å². The molecule has 2 N–H and O–H groups in total. The Morgan fingerprint density at radius 3 is 2.33 bits per heavy atom. The molecule has 0 saturated heterocycles. The van der Waals surface area contributed by atoms with Crippen LogP contribution >= 0.6 is 0 Å². The van der Waals surface area contributed by atoms with Crippen molar-refractivity contribution in [2.24, 2.45) is 0 Å². The fourth-order valence-electron chi connectivity index (χ4n) is 1.96. The second kappa shape index (κ2) is 8.70. The maximum absolute atomic E-state index is 12.0. The predicted molar refractivity (Wildman–Crippen MR) is 81.5 cm³/mol. The Hall–Kier alpha value is -2.84. The van der Waals surface area contributed by atoms with E-state index < -0.39 is 30.4 Å². The molecule has 0 aliphatic heterocycles. The third-order valence-corrected chi connectivity index (χ3v) is 3.11. The third kappa shape index (κ3) is 4.83. The van der Waals surface area contributed by atoms with E-state index in [9.17, 15) is 19.2 Å². The van der Waals surface area contributed by atoms with Crippen molar-refractivity contribution in [3.8, 4) is 0 Å². The Balaban J connectivity index is 2.69. The van der Waals surface area contributed by atoms with Gasteiger partial charge < -0.3 is 24.5 Å². The molecule has 0 aromatic carbocycles. The zero-order valence-corrected chi connectivity index (χ0v) is 14.0. The highest BCUT2D eigenvalue weighted by Crippen LogP contribution is 2.19. The fraction of sp³-hybridized carbons (Fsp3) is 0.467. The molecule has 1 aromatic rings. The third-order valence-electron chi connectivity index (χ3n) is 3.11. The van der Waals surface area contributed by atoms with Crippen LogP contribution in [0.15, 0.2) is 0 Å². The Labute approximate surface area is 138 Å². The number of ether oxygens (including phenoxy) is 3. The average Bonchev–Trinajstić information content (AvgIpc) is 2.85. The topological polar surface area (TPSA) is 124 Å². The van der Waals surface area contributed by atoms with E-state index in [4.69, 9.17) is 9.47 Å². The molecule has 1 amide bonds. The van der Waals surface area contributed by atoms with Crippen molar-refractivity contribution in [2.75, 3.05) is 26.9 Å². The maximum atomic E-state index is 12.0. The van der Waals surface area contributed by atoms with Crippen LogP contribution in [-0.2, 0) is 23.8 Å². The van der Waals surface area contributed by atoms with E-state index in [0.717, 1.165) is 0 Å². The number of carbonyl (C=O) groups excluding carboxylic acids is 4.